The molecule has 2 N–H and O–H groups in total. The third-order valence-electron chi connectivity index (χ3n) is 2.78. The fourth-order valence-corrected chi connectivity index (χ4v) is 1.97. The number of hydrogen-bond acceptors (Lipinski definition) is 5. The lowest BCUT2D eigenvalue weighted by Gasteiger charge is -2.31. The quantitative estimate of drug-likeness (QED) is 0.800. The largest absolute Gasteiger partial charge is 0.495 e. The number of carbonyl (C=O) groups excluding carboxylic acids is 1. The maximum atomic E-state index is 11.1. The predicted octanol–water partition coefficient (Wildman–Crippen LogP) is 1.71. The fraction of sp³-hybridized carbons (Fsp3) is 0.429. The van der Waals surface area contributed by atoms with Crippen LogP contribution in [0, 0.1) is 11.3 Å². The molecule has 1 aromatic rings. The van der Waals surface area contributed by atoms with Crippen LogP contribution >= 0.6 is 0 Å². The average Bonchev–Trinajstić information content (AvgIpc) is 2.38. The molecule has 108 valence electrons. The number of nitriles is 1. The van der Waals surface area contributed by atoms with Crippen LogP contribution in [0.4, 0.5) is 11.4 Å². The number of ether oxygens (including phenoxy) is 1. The molecule has 0 saturated heterocycles. The Kier molecular flexibility index (Phi) is 5.35. The van der Waals surface area contributed by atoms with Gasteiger partial charge in [0.1, 0.15) is 18.0 Å². The van der Waals surface area contributed by atoms with Gasteiger partial charge in [-0.1, -0.05) is 0 Å². The van der Waals surface area contributed by atoms with Crippen molar-refractivity contribution in [1.29, 1.82) is 5.26 Å². The molecule has 1 amide bonds. The van der Waals surface area contributed by atoms with Gasteiger partial charge in [0.05, 0.1) is 18.9 Å². The van der Waals surface area contributed by atoms with E-state index in [2.05, 4.69) is 11.4 Å². The summed E-state index contributed by atoms with van der Waals surface area (Å²) in [6, 6.07) is 6.58. The van der Waals surface area contributed by atoms with Gasteiger partial charge in [-0.25, -0.2) is 0 Å². The molecular weight excluding hydrogens is 258 g/mol. The summed E-state index contributed by atoms with van der Waals surface area (Å²) < 4.78 is 5.26. The van der Waals surface area contributed by atoms with E-state index in [0.717, 1.165) is 0 Å². The minimum absolute atomic E-state index is 0.196. The molecule has 0 aliphatic rings. The molecule has 6 heteroatoms. The van der Waals surface area contributed by atoms with E-state index < -0.39 is 12.3 Å². The van der Waals surface area contributed by atoms with Crippen LogP contribution in [0.15, 0.2) is 18.2 Å². The molecule has 2 unspecified atom stereocenters. The Bertz CT molecular complexity index is 523. The molecule has 0 saturated carbocycles. The second-order valence-corrected chi connectivity index (χ2v) is 4.41. The molecule has 20 heavy (non-hydrogen) atoms. The van der Waals surface area contributed by atoms with Gasteiger partial charge < -0.3 is 20.1 Å². The van der Waals surface area contributed by atoms with E-state index in [-0.39, 0.29) is 5.91 Å². The Morgan fingerprint density at radius 2 is 2.15 bits per heavy atom. The van der Waals surface area contributed by atoms with Crippen LogP contribution in [0.1, 0.15) is 20.8 Å². The Morgan fingerprint density at radius 3 is 2.60 bits per heavy atom. The summed E-state index contributed by atoms with van der Waals surface area (Å²) in [5, 5.41) is 21.6. The van der Waals surface area contributed by atoms with Crippen molar-refractivity contribution in [1.82, 2.24) is 0 Å². The molecule has 0 spiro atoms. The second kappa shape index (κ2) is 6.78. The van der Waals surface area contributed by atoms with E-state index in [1.165, 1.54) is 18.9 Å². The summed E-state index contributed by atoms with van der Waals surface area (Å²) in [7, 11) is 1.51. The number of nitrogens with zero attached hydrogens (tertiary/aromatic N) is 2. The van der Waals surface area contributed by atoms with Crippen LogP contribution in [0.25, 0.3) is 0 Å². The van der Waals surface area contributed by atoms with Gasteiger partial charge in [-0.15, -0.1) is 0 Å². The van der Waals surface area contributed by atoms with E-state index in [1.807, 2.05) is 0 Å². The number of aliphatic hydroxyl groups excluding tert-OH is 1. The van der Waals surface area contributed by atoms with Crippen molar-refractivity contribution in [3.63, 3.8) is 0 Å². The molecule has 6 nitrogen and oxygen atoms in total. The van der Waals surface area contributed by atoms with Gasteiger partial charge in [-0.3, -0.25) is 4.79 Å². The molecule has 0 bridgehead atoms. The van der Waals surface area contributed by atoms with Crippen molar-refractivity contribution >= 4 is 17.3 Å². The van der Waals surface area contributed by atoms with Crippen molar-refractivity contribution in [2.24, 2.45) is 0 Å². The Labute approximate surface area is 118 Å². The zero-order chi connectivity index (χ0) is 15.3. The SMILES string of the molecule is COc1ccc(NC(C)=O)cc1N(C(C)O)C(C)C#N. The molecule has 0 radical (unpaired) electrons. The van der Waals surface area contributed by atoms with E-state index >= 15 is 0 Å². The van der Waals surface area contributed by atoms with Gasteiger partial charge in [0, 0.05) is 12.6 Å². The number of anilines is 2. The lowest BCUT2D eigenvalue weighted by atomic mass is 10.2. The maximum absolute atomic E-state index is 11.1. The van der Waals surface area contributed by atoms with Crippen LogP contribution < -0.4 is 15.0 Å². The van der Waals surface area contributed by atoms with Crippen molar-refractivity contribution in [3.05, 3.63) is 18.2 Å². The molecule has 2 atom stereocenters. The Morgan fingerprint density at radius 1 is 1.50 bits per heavy atom. The topological polar surface area (TPSA) is 85.6 Å². The summed E-state index contributed by atoms with van der Waals surface area (Å²) in [6.45, 7) is 4.66. The number of aliphatic hydroxyl groups is 1. The minimum Gasteiger partial charge on any atom is -0.495 e. The maximum Gasteiger partial charge on any atom is 0.221 e. The van der Waals surface area contributed by atoms with Gasteiger partial charge in [0.15, 0.2) is 0 Å². The highest BCUT2D eigenvalue weighted by molar-refractivity contribution is 5.89. The summed E-state index contributed by atoms with van der Waals surface area (Å²) in [5.41, 5.74) is 1.12. The van der Waals surface area contributed by atoms with Crippen LogP contribution in [-0.4, -0.2) is 30.4 Å². The van der Waals surface area contributed by atoms with Gasteiger partial charge >= 0.3 is 0 Å². The Hall–Kier alpha value is -2.26. The summed E-state index contributed by atoms with van der Waals surface area (Å²) >= 11 is 0. The highest BCUT2D eigenvalue weighted by Crippen LogP contribution is 2.33. The number of rotatable bonds is 5. The molecule has 0 aliphatic carbocycles. The lowest BCUT2D eigenvalue weighted by Crippen LogP contribution is -2.39. The zero-order valence-corrected chi connectivity index (χ0v) is 12.0. The molecule has 1 aromatic carbocycles. The van der Waals surface area contributed by atoms with E-state index in [0.29, 0.717) is 17.1 Å². The first-order valence-corrected chi connectivity index (χ1v) is 6.22. The third kappa shape index (κ3) is 3.62. The monoisotopic (exact) mass is 277 g/mol. The normalized spacial score (nSPS) is 13.0. The van der Waals surface area contributed by atoms with Gasteiger partial charge in [-0.2, -0.15) is 5.26 Å². The van der Waals surface area contributed by atoms with Crippen LogP contribution in [0.5, 0.6) is 5.75 Å². The molecule has 0 heterocycles. The predicted molar refractivity (Wildman–Crippen MR) is 76.5 cm³/mol. The first kappa shape index (κ1) is 15.8. The number of nitrogens with one attached hydrogen (secondary N) is 1. The van der Waals surface area contributed by atoms with Gasteiger partial charge in [-0.05, 0) is 32.0 Å². The van der Waals surface area contributed by atoms with Gasteiger partial charge in [0.25, 0.3) is 0 Å². The molecular formula is C14H19N3O3. The van der Waals surface area contributed by atoms with Gasteiger partial charge in [0.2, 0.25) is 5.91 Å². The van der Waals surface area contributed by atoms with E-state index in [4.69, 9.17) is 10.00 Å². The molecule has 0 aromatic heterocycles. The number of hydrogen-bond donors (Lipinski definition) is 2. The van der Waals surface area contributed by atoms with Crippen LogP contribution in [-0.2, 0) is 4.79 Å². The number of amides is 1. The number of methoxy groups -OCH3 is 1. The van der Waals surface area contributed by atoms with E-state index in [9.17, 15) is 9.90 Å². The zero-order valence-electron chi connectivity index (χ0n) is 12.0. The number of carbonyl (C=O) groups is 1. The number of benzene rings is 1. The first-order chi connectivity index (χ1) is 9.40. The van der Waals surface area contributed by atoms with Crippen molar-refractivity contribution in [2.75, 3.05) is 17.3 Å². The summed E-state index contributed by atoms with van der Waals surface area (Å²) in [5.74, 6) is 0.320. The summed E-state index contributed by atoms with van der Waals surface area (Å²) in [4.78, 5) is 12.6. The van der Waals surface area contributed by atoms with Crippen molar-refractivity contribution < 1.29 is 14.6 Å². The lowest BCUT2D eigenvalue weighted by molar-refractivity contribution is -0.114. The second-order valence-electron chi connectivity index (χ2n) is 4.41. The first-order valence-electron chi connectivity index (χ1n) is 6.22. The van der Waals surface area contributed by atoms with E-state index in [1.54, 1.807) is 32.0 Å². The standard InChI is InChI=1S/C14H19N3O3/c1-9(8-15)17(11(3)19)13-7-12(16-10(2)18)5-6-14(13)20-4/h5-7,9,11,19H,1-4H3,(H,16,18). The Balaban J connectivity index is 3.30. The average molecular weight is 277 g/mol. The molecule has 0 fully saturated rings. The van der Waals surface area contributed by atoms with Crippen molar-refractivity contribution in [2.45, 2.75) is 33.0 Å². The van der Waals surface area contributed by atoms with Crippen LogP contribution in [0.3, 0.4) is 0 Å². The molecule has 0 aliphatic heterocycles. The fourth-order valence-electron chi connectivity index (χ4n) is 1.97. The smallest absolute Gasteiger partial charge is 0.221 e. The minimum atomic E-state index is -0.869. The molecule has 1 rings (SSSR count). The third-order valence-corrected chi connectivity index (χ3v) is 2.78. The van der Waals surface area contributed by atoms with Crippen LogP contribution in [0.2, 0.25) is 0 Å². The highest BCUT2D eigenvalue weighted by Gasteiger charge is 2.22. The highest BCUT2D eigenvalue weighted by atomic mass is 16.5. The summed E-state index contributed by atoms with van der Waals surface area (Å²) in [6.07, 6.45) is -0.869. The van der Waals surface area contributed by atoms with Crippen molar-refractivity contribution in [3.8, 4) is 11.8 Å².